The van der Waals surface area contributed by atoms with E-state index in [2.05, 4.69) is 26.5 Å². The topological polar surface area (TPSA) is 122 Å². The maximum atomic E-state index is 12.8. The molecule has 1 aromatic carbocycles. The molecule has 0 bridgehead atoms. The van der Waals surface area contributed by atoms with Crippen molar-refractivity contribution in [2.75, 3.05) is 58.4 Å². The highest BCUT2D eigenvalue weighted by Crippen LogP contribution is 2.36. The molecule has 2 fully saturated rings. The predicted molar refractivity (Wildman–Crippen MR) is 157 cm³/mol. The van der Waals surface area contributed by atoms with Crippen molar-refractivity contribution < 1.29 is 19.0 Å². The normalized spacial score (nSPS) is 17.0. The molecule has 0 atom stereocenters. The van der Waals surface area contributed by atoms with Crippen LogP contribution in [0.2, 0.25) is 0 Å². The number of anilines is 2. The van der Waals surface area contributed by atoms with E-state index in [1.54, 1.807) is 18.2 Å². The number of amides is 1. The van der Waals surface area contributed by atoms with Gasteiger partial charge in [0, 0.05) is 44.8 Å². The Kier molecular flexibility index (Phi) is 8.74. The summed E-state index contributed by atoms with van der Waals surface area (Å²) in [6, 6.07) is 8.07. The molecular formula is C30H40N6O5. The Morgan fingerprint density at radius 2 is 1.88 bits per heavy atom. The number of hydrogen-bond acceptors (Lipinski definition) is 9. The fourth-order valence-corrected chi connectivity index (χ4v) is 5.42. The monoisotopic (exact) mass is 564 g/mol. The second-order valence-electron chi connectivity index (χ2n) is 11.7. The highest BCUT2D eigenvalue weighted by atomic mass is 16.6. The predicted octanol–water partition coefficient (Wildman–Crippen LogP) is 4.06. The number of carbonyl (C=O) groups excluding carboxylic acids is 1. The number of piperidine rings is 1. The van der Waals surface area contributed by atoms with E-state index in [1.807, 2.05) is 39.0 Å². The summed E-state index contributed by atoms with van der Waals surface area (Å²) in [5.41, 5.74) is 3.19. The van der Waals surface area contributed by atoms with Crippen LogP contribution in [0.3, 0.4) is 0 Å². The SMILES string of the molecule is COc1cc(C2CCN(C(=O)OC(C)(C)C)CC2)ccc1Nc1cc(CCN2CCOCC2)nc2cn[nH]c(=O)c12. The molecule has 2 saturated heterocycles. The summed E-state index contributed by atoms with van der Waals surface area (Å²) in [7, 11) is 1.64. The van der Waals surface area contributed by atoms with Gasteiger partial charge in [-0.05, 0) is 63.3 Å². The summed E-state index contributed by atoms with van der Waals surface area (Å²) in [6.45, 7) is 11.1. The Morgan fingerprint density at radius 3 is 2.59 bits per heavy atom. The van der Waals surface area contributed by atoms with E-state index in [0.717, 1.165) is 69.1 Å². The van der Waals surface area contributed by atoms with E-state index in [-0.39, 0.29) is 11.7 Å². The van der Waals surface area contributed by atoms with Gasteiger partial charge in [0.25, 0.3) is 5.56 Å². The molecule has 220 valence electrons. The van der Waals surface area contributed by atoms with Crippen LogP contribution in [-0.2, 0) is 15.9 Å². The van der Waals surface area contributed by atoms with Gasteiger partial charge < -0.3 is 24.4 Å². The number of likely N-dealkylation sites (tertiary alicyclic amines) is 1. The lowest BCUT2D eigenvalue weighted by atomic mass is 9.89. The number of H-pyrrole nitrogens is 1. The number of aromatic amines is 1. The Morgan fingerprint density at radius 1 is 1.12 bits per heavy atom. The first-order valence-corrected chi connectivity index (χ1v) is 14.3. The molecule has 2 aromatic heterocycles. The van der Waals surface area contributed by atoms with E-state index in [9.17, 15) is 9.59 Å². The van der Waals surface area contributed by atoms with Crippen molar-refractivity contribution in [3.8, 4) is 5.75 Å². The summed E-state index contributed by atoms with van der Waals surface area (Å²) in [4.78, 5) is 34.1. The van der Waals surface area contributed by atoms with Crippen LogP contribution >= 0.6 is 0 Å². The molecule has 11 nitrogen and oxygen atoms in total. The lowest BCUT2D eigenvalue weighted by Crippen LogP contribution is -2.41. The third kappa shape index (κ3) is 7.15. The van der Waals surface area contributed by atoms with Gasteiger partial charge in [0.2, 0.25) is 0 Å². The second kappa shape index (κ2) is 12.4. The van der Waals surface area contributed by atoms with Gasteiger partial charge in [0.1, 0.15) is 11.4 Å². The van der Waals surface area contributed by atoms with Gasteiger partial charge in [-0.25, -0.2) is 9.89 Å². The van der Waals surface area contributed by atoms with Crippen molar-refractivity contribution in [2.45, 2.75) is 51.6 Å². The Balaban J connectivity index is 1.33. The zero-order chi connectivity index (χ0) is 29.0. The van der Waals surface area contributed by atoms with Crippen LogP contribution < -0.4 is 15.6 Å². The first-order valence-electron chi connectivity index (χ1n) is 14.3. The van der Waals surface area contributed by atoms with E-state index in [0.29, 0.717) is 41.3 Å². The molecule has 2 aliphatic rings. The molecule has 0 saturated carbocycles. The van der Waals surface area contributed by atoms with Gasteiger partial charge in [-0.2, -0.15) is 5.10 Å². The number of morpholine rings is 1. The largest absolute Gasteiger partial charge is 0.495 e. The van der Waals surface area contributed by atoms with Gasteiger partial charge >= 0.3 is 6.09 Å². The third-order valence-electron chi connectivity index (χ3n) is 7.58. The van der Waals surface area contributed by atoms with Gasteiger partial charge in [-0.3, -0.25) is 14.7 Å². The maximum absolute atomic E-state index is 12.8. The number of rotatable bonds is 7. The van der Waals surface area contributed by atoms with E-state index >= 15 is 0 Å². The lowest BCUT2D eigenvalue weighted by molar-refractivity contribution is 0.0204. The quantitative estimate of drug-likeness (QED) is 0.437. The smallest absolute Gasteiger partial charge is 0.410 e. The van der Waals surface area contributed by atoms with Crippen molar-refractivity contribution in [3.05, 3.63) is 52.1 Å². The standard InChI is InChI=1S/C30H40N6O5/c1-30(2,3)41-29(38)36-11-7-20(8-12-36)21-5-6-23(26(17-21)39-4)33-24-18-22(9-10-35-13-15-40-16-14-35)32-25-19-31-34-28(37)27(24)25/h5-6,17-20H,7-16H2,1-4H3,(H,32,33)(H,34,37). The highest BCUT2D eigenvalue weighted by molar-refractivity contribution is 5.92. The molecule has 0 unspecified atom stereocenters. The van der Waals surface area contributed by atoms with Crippen LogP contribution in [0, 0.1) is 0 Å². The summed E-state index contributed by atoms with van der Waals surface area (Å²) < 4.78 is 16.8. The number of methoxy groups -OCH3 is 1. The zero-order valence-corrected chi connectivity index (χ0v) is 24.4. The van der Waals surface area contributed by atoms with Crippen LogP contribution in [0.4, 0.5) is 16.2 Å². The van der Waals surface area contributed by atoms with Crippen molar-refractivity contribution in [1.29, 1.82) is 0 Å². The Labute approximate surface area is 240 Å². The molecule has 2 N–H and O–H groups in total. The number of carbonyl (C=O) groups is 1. The summed E-state index contributed by atoms with van der Waals surface area (Å²) in [5, 5.41) is 10.4. The van der Waals surface area contributed by atoms with E-state index in [1.165, 1.54) is 0 Å². The van der Waals surface area contributed by atoms with Crippen molar-refractivity contribution >= 4 is 28.4 Å². The first-order chi connectivity index (χ1) is 19.7. The van der Waals surface area contributed by atoms with Gasteiger partial charge in [0.05, 0.1) is 48.8 Å². The van der Waals surface area contributed by atoms with Crippen LogP contribution in [0.25, 0.3) is 10.9 Å². The van der Waals surface area contributed by atoms with Crippen LogP contribution in [0.5, 0.6) is 5.75 Å². The number of hydrogen-bond donors (Lipinski definition) is 2. The van der Waals surface area contributed by atoms with Crippen LogP contribution in [0.1, 0.15) is 50.8 Å². The Bertz CT molecular complexity index is 1420. The number of pyridine rings is 1. The van der Waals surface area contributed by atoms with Gasteiger partial charge in [-0.1, -0.05) is 6.07 Å². The molecule has 1 amide bonds. The number of benzene rings is 1. The van der Waals surface area contributed by atoms with Gasteiger partial charge in [0.15, 0.2) is 0 Å². The van der Waals surface area contributed by atoms with E-state index in [4.69, 9.17) is 19.2 Å². The third-order valence-corrected chi connectivity index (χ3v) is 7.58. The molecule has 2 aliphatic heterocycles. The average Bonchev–Trinajstić information content (AvgIpc) is 2.96. The molecule has 41 heavy (non-hydrogen) atoms. The van der Waals surface area contributed by atoms with Crippen molar-refractivity contribution in [1.82, 2.24) is 25.0 Å². The fraction of sp³-hybridized carbons (Fsp3) is 0.533. The van der Waals surface area contributed by atoms with Gasteiger partial charge in [-0.15, -0.1) is 0 Å². The maximum Gasteiger partial charge on any atom is 0.410 e. The molecule has 4 heterocycles. The van der Waals surface area contributed by atoms with Crippen molar-refractivity contribution in [2.24, 2.45) is 0 Å². The number of aromatic nitrogens is 3. The van der Waals surface area contributed by atoms with Crippen molar-refractivity contribution in [3.63, 3.8) is 0 Å². The minimum Gasteiger partial charge on any atom is -0.495 e. The lowest BCUT2D eigenvalue weighted by Gasteiger charge is -2.33. The molecule has 0 aliphatic carbocycles. The summed E-state index contributed by atoms with van der Waals surface area (Å²) in [5.74, 6) is 0.987. The molecule has 3 aromatic rings. The molecule has 5 rings (SSSR count). The summed E-state index contributed by atoms with van der Waals surface area (Å²) in [6.07, 6.45) is 3.77. The molecule has 0 spiro atoms. The molecule has 0 radical (unpaired) electrons. The van der Waals surface area contributed by atoms with E-state index < -0.39 is 5.60 Å². The van der Waals surface area contributed by atoms with Crippen LogP contribution in [-0.4, -0.2) is 89.7 Å². The average molecular weight is 565 g/mol. The minimum atomic E-state index is -0.505. The number of nitrogens with zero attached hydrogens (tertiary/aromatic N) is 4. The Hall–Kier alpha value is -3.70. The fourth-order valence-electron chi connectivity index (χ4n) is 5.42. The number of ether oxygens (including phenoxy) is 3. The second-order valence-corrected chi connectivity index (χ2v) is 11.7. The number of nitrogens with one attached hydrogen (secondary N) is 2. The molecular weight excluding hydrogens is 524 g/mol. The molecule has 11 heteroatoms. The zero-order valence-electron chi connectivity index (χ0n) is 24.4. The van der Waals surface area contributed by atoms with Crippen LogP contribution in [0.15, 0.2) is 35.3 Å². The summed E-state index contributed by atoms with van der Waals surface area (Å²) >= 11 is 0. The number of fused-ring (bicyclic) bond motifs is 1. The highest BCUT2D eigenvalue weighted by Gasteiger charge is 2.28. The first kappa shape index (κ1) is 28.8. The minimum absolute atomic E-state index is 0.257.